The zero-order valence-corrected chi connectivity index (χ0v) is 18.0. The van der Waals surface area contributed by atoms with Gasteiger partial charge in [0.1, 0.15) is 11.9 Å². The lowest BCUT2D eigenvalue weighted by molar-refractivity contribution is -0.138. The predicted octanol–water partition coefficient (Wildman–Crippen LogP) is 1.05. The van der Waals surface area contributed by atoms with Crippen molar-refractivity contribution >= 4 is 21.7 Å². The van der Waals surface area contributed by atoms with Gasteiger partial charge in [-0.3, -0.25) is 14.9 Å². The molecule has 9 heteroatoms. The average molecular weight is 426 g/mol. The average Bonchev–Trinajstić information content (AvgIpc) is 3.17. The van der Waals surface area contributed by atoms with Crippen molar-refractivity contribution in [2.75, 3.05) is 13.1 Å². The molecule has 3 atom stereocenters. The van der Waals surface area contributed by atoms with Crippen LogP contribution in [0.2, 0.25) is 0 Å². The Bertz CT molecular complexity index is 802. The number of amides is 1. The molecule has 0 radical (unpaired) electrons. The first-order valence-electron chi connectivity index (χ1n) is 9.90. The van der Waals surface area contributed by atoms with Gasteiger partial charge in [-0.05, 0) is 50.8 Å². The van der Waals surface area contributed by atoms with E-state index in [-0.39, 0.29) is 16.9 Å². The highest BCUT2D eigenvalue weighted by molar-refractivity contribution is 7.92. The van der Waals surface area contributed by atoms with Crippen molar-refractivity contribution in [3.05, 3.63) is 29.8 Å². The van der Waals surface area contributed by atoms with Crippen molar-refractivity contribution in [2.45, 2.75) is 62.4 Å². The topological polar surface area (TPSA) is 125 Å². The number of sulfone groups is 1. The molecule has 0 aromatic heterocycles. The molecule has 1 fully saturated rings. The molecule has 0 spiro atoms. The van der Waals surface area contributed by atoms with E-state index in [4.69, 9.17) is 5.11 Å². The van der Waals surface area contributed by atoms with Crippen molar-refractivity contribution in [3.63, 3.8) is 0 Å². The Morgan fingerprint density at radius 2 is 1.90 bits per heavy atom. The van der Waals surface area contributed by atoms with E-state index in [2.05, 4.69) is 16.0 Å². The largest absolute Gasteiger partial charge is 0.480 e. The summed E-state index contributed by atoms with van der Waals surface area (Å²) in [5.41, 5.74) is 0.957. The predicted molar refractivity (Wildman–Crippen MR) is 110 cm³/mol. The van der Waals surface area contributed by atoms with E-state index in [1.165, 1.54) is 0 Å². The molecule has 29 heavy (non-hydrogen) atoms. The number of aryl methyl sites for hydroxylation is 1. The number of benzene rings is 1. The number of rotatable bonds is 10. The zero-order chi connectivity index (χ0) is 21.6. The molecule has 1 aromatic rings. The fourth-order valence-corrected chi connectivity index (χ4v) is 5.29. The number of hydrogen-bond acceptors (Lipinski definition) is 6. The second-order valence-electron chi connectivity index (χ2n) is 7.94. The lowest BCUT2D eigenvalue weighted by Gasteiger charge is -2.30. The van der Waals surface area contributed by atoms with Crippen LogP contribution in [0.15, 0.2) is 29.2 Å². The van der Waals surface area contributed by atoms with Gasteiger partial charge < -0.3 is 15.7 Å². The highest BCUT2D eigenvalue weighted by atomic mass is 32.2. The third kappa shape index (κ3) is 6.52. The van der Waals surface area contributed by atoms with Crippen LogP contribution in [0, 0.1) is 12.8 Å². The van der Waals surface area contributed by atoms with Crippen molar-refractivity contribution < 1.29 is 23.1 Å². The second-order valence-corrected chi connectivity index (χ2v) is 10.0. The lowest BCUT2D eigenvalue weighted by Crippen LogP contribution is -2.57. The fourth-order valence-electron chi connectivity index (χ4n) is 3.47. The van der Waals surface area contributed by atoms with Crippen LogP contribution in [0.25, 0.3) is 0 Å². The smallest absolute Gasteiger partial charge is 0.322 e. The summed E-state index contributed by atoms with van der Waals surface area (Å²) in [6.45, 7) is 5.95. The Morgan fingerprint density at radius 1 is 1.24 bits per heavy atom. The summed E-state index contributed by atoms with van der Waals surface area (Å²) < 4.78 is 26.8. The Labute approximate surface area is 172 Å². The molecular formula is C20H31N3O5S. The Morgan fingerprint density at radius 3 is 2.41 bits per heavy atom. The molecular weight excluding hydrogens is 394 g/mol. The third-order valence-electron chi connectivity index (χ3n) is 4.95. The van der Waals surface area contributed by atoms with Crippen LogP contribution in [-0.4, -0.2) is 55.9 Å². The number of carbonyl (C=O) groups excluding carboxylic acids is 1. The van der Waals surface area contributed by atoms with E-state index in [9.17, 15) is 18.0 Å². The SMILES string of the molecule is Cc1ccc(S(=O)(=O)C(NC(CC(C)C)C(=O)NCC(=O)O)C2CCCN2)cc1. The molecule has 4 N–H and O–H groups in total. The maximum Gasteiger partial charge on any atom is 0.322 e. The summed E-state index contributed by atoms with van der Waals surface area (Å²) in [5, 5.41) is 16.5. The fraction of sp³-hybridized carbons (Fsp3) is 0.600. The first-order chi connectivity index (χ1) is 13.6. The van der Waals surface area contributed by atoms with E-state index in [1.54, 1.807) is 24.3 Å². The van der Waals surface area contributed by atoms with Crippen molar-refractivity contribution in [1.82, 2.24) is 16.0 Å². The van der Waals surface area contributed by atoms with Crippen LogP contribution in [-0.2, 0) is 19.4 Å². The number of aliphatic carboxylic acids is 1. The van der Waals surface area contributed by atoms with Crippen molar-refractivity contribution in [1.29, 1.82) is 0 Å². The first-order valence-corrected chi connectivity index (χ1v) is 11.5. The van der Waals surface area contributed by atoms with E-state index in [1.807, 2.05) is 20.8 Å². The van der Waals surface area contributed by atoms with Gasteiger partial charge in [0.05, 0.1) is 10.9 Å². The molecule has 0 bridgehead atoms. The normalized spacial score (nSPS) is 19.1. The third-order valence-corrected chi connectivity index (χ3v) is 7.01. The Kier molecular flexibility index (Phi) is 8.18. The van der Waals surface area contributed by atoms with Crippen LogP contribution >= 0.6 is 0 Å². The maximum atomic E-state index is 13.4. The number of carboxylic acids is 1. The zero-order valence-electron chi connectivity index (χ0n) is 17.1. The number of hydrogen-bond donors (Lipinski definition) is 4. The molecule has 3 unspecified atom stereocenters. The maximum absolute atomic E-state index is 13.4. The molecule has 1 amide bonds. The van der Waals surface area contributed by atoms with Gasteiger partial charge in [-0.15, -0.1) is 0 Å². The highest BCUT2D eigenvalue weighted by Gasteiger charge is 2.39. The van der Waals surface area contributed by atoms with Crippen molar-refractivity contribution in [2.24, 2.45) is 5.92 Å². The molecule has 1 aliphatic rings. The van der Waals surface area contributed by atoms with Gasteiger partial charge in [0, 0.05) is 6.04 Å². The minimum Gasteiger partial charge on any atom is -0.480 e. The molecule has 0 saturated carbocycles. The monoisotopic (exact) mass is 425 g/mol. The van der Waals surface area contributed by atoms with Gasteiger partial charge in [0.25, 0.3) is 0 Å². The van der Waals surface area contributed by atoms with E-state index in [0.717, 1.165) is 12.0 Å². The van der Waals surface area contributed by atoms with Gasteiger partial charge >= 0.3 is 5.97 Å². The summed E-state index contributed by atoms with van der Waals surface area (Å²) in [5.74, 6) is -1.55. The second kappa shape index (κ2) is 10.2. The van der Waals surface area contributed by atoms with Crippen LogP contribution in [0.1, 0.15) is 38.7 Å². The quantitative estimate of drug-likeness (QED) is 0.442. The first kappa shape index (κ1) is 23.3. The molecule has 8 nitrogen and oxygen atoms in total. The van der Waals surface area contributed by atoms with Crippen LogP contribution < -0.4 is 16.0 Å². The summed E-state index contributed by atoms with van der Waals surface area (Å²) in [7, 11) is -3.77. The number of nitrogens with one attached hydrogen (secondary N) is 3. The van der Waals surface area contributed by atoms with E-state index in [0.29, 0.717) is 19.4 Å². The summed E-state index contributed by atoms with van der Waals surface area (Å²) in [4.78, 5) is 23.6. The van der Waals surface area contributed by atoms with Crippen LogP contribution in [0.5, 0.6) is 0 Å². The van der Waals surface area contributed by atoms with E-state index >= 15 is 0 Å². The van der Waals surface area contributed by atoms with Gasteiger partial charge in [-0.25, -0.2) is 8.42 Å². The summed E-state index contributed by atoms with van der Waals surface area (Å²) >= 11 is 0. The number of carbonyl (C=O) groups is 2. The summed E-state index contributed by atoms with van der Waals surface area (Å²) in [6.07, 6.45) is 1.91. The molecule has 162 valence electrons. The molecule has 1 saturated heterocycles. The minimum absolute atomic E-state index is 0.113. The van der Waals surface area contributed by atoms with Gasteiger partial charge in [-0.2, -0.15) is 0 Å². The van der Waals surface area contributed by atoms with Gasteiger partial charge in [0.15, 0.2) is 9.84 Å². The van der Waals surface area contributed by atoms with Crippen molar-refractivity contribution in [3.8, 4) is 0 Å². The summed E-state index contributed by atoms with van der Waals surface area (Å²) in [6, 6.07) is 5.51. The van der Waals surface area contributed by atoms with Crippen LogP contribution in [0.3, 0.4) is 0 Å². The lowest BCUT2D eigenvalue weighted by atomic mass is 10.0. The molecule has 2 rings (SSSR count). The standard InChI is InChI=1S/C20H31N3O5S/c1-13(2)11-17(19(26)22-12-18(24)25)23-20(16-5-4-10-21-16)29(27,28)15-8-6-14(3)7-9-15/h6-9,13,16-17,20-21,23H,4-5,10-12H2,1-3H3,(H,22,26)(H,24,25). The Hall–Kier alpha value is -1.97. The molecule has 1 heterocycles. The highest BCUT2D eigenvalue weighted by Crippen LogP contribution is 2.23. The Balaban J connectivity index is 2.32. The molecule has 0 aliphatic carbocycles. The molecule has 1 aromatic carbocycles. The van der Waals surface area contributed by atoms with Crippen LogP contribution in [0.4, 0.5) is 0 Å². The van der Waals surface area contributed by atoms with Gasteiger partial charge in [0.2, 0.25) is 5.91 Å². The van der Waals surface area contributed by atoms with E-state index < -0.39 is 39.7 Å². The molecule has 1 aliphatic heterocycles. The van der Waals surface area contributed by atoms with Gasteiger partial charge in [-0.1, -0.05) is 31.5 Å². The minimum atomic E-state index is -3.77. The number of carboxylic acid groups (broad SMARTS) is 1.